The number of rotatable bonds is 22. The van der Waals surface area contributed by atoms with E-state index in [1.54, 1.807) is 0 Å². The molecule has 0 saturated heterocycles. The first-order valence-corrected chi connectivity index (χ1v) is 18.2. The summed E-state index contributed by atoms with van der Waals surface area (Å²) in [6.45, 7) is 4.39. The van der Waals surface area contributed by atoms with Crippen molar-refractivity contribution in [2.75, 3.05) is 0 Å². The van der Waals surface area contributed by atoms with E-state index in [-0.39, 0.29) is 70.6 Å². The first kappa shape index (κ1) is 43.1. The Kier molecular flexibility index (Phi) is 23.4. The third-order valence-electron chi connectivity index (χ3n) is 7.41. The van der Waals surface area contributed by atoms with E-state index in [0.29, 0.717) is 18.4 Å². The molecule has 232 valence electrons. The van der Waals surface area contributed by atoms with Crippen LogP contribution in [0.5, 0.6) is 11.5 Å². The predicted molar refractivity (Wildman–Crippen MR) is 162 cm³/mol. The van der Waals surface area contributed by atoms with Gasteiger partial charge in [-0.3, -0.25) is 0 Å². The molecule has 0 atom stereocenters. The molecule has 43 heavy (non-hydrogen) atoms. The Morgan fingerprint density at radius 2 is 1.02 bits per heavy atom. The standard InChI is InChI=1S/C32H50O7S2.2Na/c1-3-5-7-9-11-13-15-17-19-27-25-28(20-18-16-14-12-10-8-6-4-2)32(31(26-27)41(36,37)38)39-29-21-23-30(24-22-29)40(33,34)35;;/h21-26H,3-20H2,1-2H3,(H,33,34,35)(H,36,37,38);;/q;2*+1/p-2. The van der Waals surface area contributed by atoms with Crippen molar-refractivity contribution in [1.29, 1.82) is 0 Å². The summed E-state index contributed by atoms with van der Waals surface area (Å²) < 4.78 is 77.0. The van der Waals surface area contributed by atoms with Gasteiger partial charge in [0.25, 0.3) is 0 Å². The summed E-state index contributed by atoms with van der Waals surface area (Å²) in [5, 5.41) is 0. The van der Waals surface area contributed by atoms with Crippen LogP contribution >= 0.6 is 0 Å². The molecule has 0 saturated carbocycles. The molecule has 7 nitrogen and oxygen atoms in total. The minimum Gasteiger partial charge on any atom is -0.744 e. The molecule has 2 aromatic carbocycles. The molecule has 0 N–H and O–H groups in total. The molecule has 0 aliphatic heterocycles. The first-order chi connectivity index (χ1) is 19.6. The molecule has 0 aliphatic rings. The third-order valence-corrected chi connectivity index (χ3v) is 9.10. The molecule has 0 radical (unpaired) electrons. The number of benzene rings is 2. The minimum absolute atomic E-state index is 0. The Balaban J connectivity index is 0.00000882. The van der Waals surface area contributed by atoms with Gasteiger partial charge in [-0.2, -0.15) is 0 Å². The third kappa shape index (κ3) is 17.5. The van der Waals surface area contributed by atoms with E-state index in [9.17, 15) is 25.9 Å². The molecule has 11 heteroatoms. The molecule has 0 spiro atoms. The monoisotopic (exact) mass is 654 g/mol. The van der Waals surface area contributed by atoms with Crippen molar-refractivity contribution >= 4 is 20.2 Å². The Morgan fingerprint density at radius 3 is 1.47 bits per heavy atom. The normalized spacial score (nSPS) is 11.5. The van der Waals surface area contributed by atoms with Crippen molar-refractivity contribution in [2.45, 2.75) is 139 Å². The predicted octanol–water partition coefficient (Wildman–Crippen LogP) is 2.66. The zero-order valence-electron chi connectivity index (χ0n) is 26.9. The zero-order valence-corrected chi connectivity index (χ0v) is 32.5. The summed E-state index contributed by atoms with van der Waals surface area (Å²) in [5.74, 6) is 0.135. The molecule has 0 unspecified atom stereocenters. The Hall–Kier alpha value is 0.0600. The molecule has 0 aliphatic carbocycles. The van der Waals surface area contributed by atoms with E-state index in [1.807, 2.05) is 6.07 Å². The van der Waals surface area contributed by atoms with Crippen LogP contribution in [0.1, 0.15) is 128 Å². The van der Waals surface area contributed by atoms with E-state index >= 15 is 0 Å². The smallest absolute Gasteiger partial charge is 0.744 e. The molecule has 0 amide bonds. The fraction of sp³-hybridized carbons (Fsp3) is 0.625. The quantitative estimate of drug-likeness (QED) is 0.109. The first-order valence-electron chi connectivity index (χ1n) is 15.4. The second-order valence-corrected chi connectivity index (χ2v) is 13.7. The van der Waals surface area contributed by atoms with Crippen LogP contribution < -0.4 is 63.9 Å². The summed E-state index contributed by atoms with van der Waals surface area (Å²) in [6.07, 6.45) is 19.5. The summed E-state index contributed by atoms with van der Waals surface area (Å²) in [7, 11) is -9.48. The van der Waals surface area contributed by atoms with E-state index in [0.717, 1.165) is 62.6 Å². The van der Waals surface area contributed by atoms with Gasteiger partial charge in [-0.05, 0) is 67.1 Å². The van der Waals surface area contributed by atoms with Gasteiger partial charge in [-0.25, -0.2) is 16.8 Å². The largest absolute Gasteiger partial charge is 1.00 e. The topological polar surface area (TPSA) is 124 Å². The van der Waals surface area contributed by atoms with Gasteiger partial charge >= 0.3 is 59.1 Å². The molecule has 2 aromatic rings. The van der Waals surface area contributed by atoms with Gasteiger partial charge in [0, 0.05) is 0 Å². The summed E-state index contributed by atoms with van der Waals surface area (Å²) in [4.78, 5) is -0.814. The maximum Gasteiger partial charge on any atom is 1.00 e. The molecular formula is C32H48Na2O7S2. The van der Waals surface area contributed by atoms with Gasteiger partial charge in [-0.1, -0.05) is 110 Å². The van der Waals surface area contributed by atoms with Gasteiger partial charge in [0.1, 0.15) is 31.7 Å². The fourth-order valence-electron chi connectivity index (χ4n) is 5.06. The van der Waals surface area contributed by atoms with Gasteiger partial charge in [-0.15, -0.1) is 0 Å². The van der Waals surface area contributed by atoms with Crippen molar-refractivity contribution in [2.24, 2.45) is 0 Å². The van der Waals surface area contributed by atoms with Crippen molar-refractivity contribution in [1.82, 2.24) is 0 Å². The van der Waals surface area contributed by atoms with Gasteiger partial charge in [0.15, 0.2) is 0 Å². The fourth-order valence-corrected chi connectivity index (χ4v) is 6.22. The van der Waals surface area contributed by atoms with E-state index in [1.165, 1.54) is 76.0 Å². The van der Waals surface area contributed by atoms with Crippen molar-refractivity contribution in [3.63, 3.8) is 0 Å². The van der Waals surface area contributed by atoms with Crippen molar-refractivity contribution in [3.8, 4) is 11.5 Å². The van der Waals surface area contributed by atoms with Crippen LogP contribution in [0.4, 0.5) is 0 Å². The number of aryl methyl sites for hydroxylation is 2. The van der Waals surface area contributed by atoms with Crippen LogP contribution in [0.25, 0.3) is 0 Å². The van der Waals surface area contributed by atoms with E-state index < -0.39 is 30.0 Å². The van der Waals surface area contributed by atoms with Crippen LogP contribution in [-0.4, -0.2) is 25.9 Å². The second-order valence-electron chi connectivity index (χ2n) is 11.0. The van der Waals surface area contributed by atoms with Crippen molar-refractivity contribution in [3.05, 3.63) is 47.5 Å². The van der Waals surface area contributed by atoms with Crippen LogP contribution in [0.2, 0.25) is 0 Å². The van der Waals surface area contributed by atoms with Crippen LogP contribution in [0.3, 0.4) is 0 Å². The molecular weight excluding hydrogens is 606 g/mol. The number of ether oxygens (including phenoxy) is 1. The Morgan fingerprint density at radius 1 is 0.581 bits per heavy atom. The van der Waals surface area contributed by atoms with Crippen LogP contribution in [0, 0.1) is 0 Å². The molecule has 0 heterocycles. The van der Waals surface area contributed by atoms with E-state index in [2.05, 4.69) is 13.8 Å². The van der Waals surface area contributed by atoms with E-state index in [4.69, 9.17) is 4.74 Å². The van der Waals surface area contributed by atoms with Gasteiger partial charge in [0.2, 0.25) is 0 Å². The SMILES string of the molecule is CCCCCCCCCCc1cc(CCCCCCCCCC)c(Oc2ccc(S(=O)(=O)[O-])cc2)c(S(=O)(=O)[O-])c1.[Na+].[Na+]. The van der Waals surface area contributed by atoms with Gasteiger partial charge in [0.05, 0.1) is 9.79 Å². The van der Waals surface area contributed by atoms with Crippen LogP contribution in [0.15, 0.2) is 46.2 Å². The second kappa shape index (κ2) is 23.4. The average molecular weight is 655 g/mol. The summed E-state index contributed by atoms with van der Waals surface area (Å²) in [5.41, 5.74) is 1.46. The number of hydrogen-bond donors (Lipinski definition) is 0. The molecule has 0 aromatic heterocycles. The Labute approximate surface area is 305 Å². The Bertz CT molecular complexity index is 1250. The molecule has 2 rings (SSSR count). The minimum atomic E-state index is -4.85. The number of unbranched alkanes of at least 4 members (excludes halogenated alkanes) is 14. The van der Waals surface area contributed by atoms with Crippen molar-refractivity contribution < 1.29 is 89.8 Å². The molecule has 0 fully saturated rings. The summed E-state index contributed by atoms with van der Waals surface area (Å²) in [6, 6.07) is 8.17. The summed E-state index contributed by atoms with van der Waals surface area (Å²) >= 11 is 0. The molecule has 0 bridgehead atoms. The maximum absolute atomic E-state index is 12.4. The van der Waals surface area contributed by atoms with Gasteiger partial charge < -0.3 is 13.8 Å². The average Bonchev–Trinajstić information content (AvgIpc) is 2.91. The maximum atomic E-state index is 12.4. The zero-order chi connectivity index (χ0) is 30.1. The van der Waals surface area contributed by atoms with Crippen LogP contribution in [-0.2, 0) is 33.1 Å². The number of hydrogen-bond acceptors (Lipinski definition) is 7.